The third-order valence-electron chi connectivity index (χ3n) is 5.72. The first-order valence-corrected chi connectivity index (χ1v) is 11.4. The molecule has 1 unspecified atom stereocenters. The fourth-order valence-corrected chi connectivity index (χ4v) is 3.71. The summed E-state index contributed by atoms with van der Waals surface area (Å²) in [5, 5.41) is 9.62. The zero-order valence-corrected chi connectivity index (χ0v) is 19.7. The minimum absolute atomic E-state index is 0.0295. The Morgan fingerprint density at radius 2 is 1.42 bits per heavy atom. The minimum atomic E-state index is -1.07. The molecule has 0 radical (unpaired) electrons. The van der Waals surface area contributed by atoms with Crippen molar-refractivity contribution in [2.45, 2.75) is 19.6 Å². The first-order chi connectivity index (χ1) is 17.4. The highest BCUT2D eigenvalue weighted by Gasteiger charge is 2.16. The van der Waals surface area contributed by atoms with Crippen LogP contribution in [0.3, 0.4) is 0 Å². The van der Waals surface area contributed by atoms with Gasteiger partial charge in [-0.1, -0.05) is 67.3 Å². The lowest BCUT2D eigenvalue weighted by atomic mass is 10.0. The van der Waals surface area contributed by atoms with Gasteiger partial charge in [-0.2, -0.15) is 4.39 Å². The van der Waals surface area contributed by atoms with Gasteiger partial charge in [0.2, 0.25) is 5.82 Å². The molecule has 36 heavy (non-hydrogen) atoms. The van der Waals surface area contributed by atoms with E-state index in [9.17, 15) is 18.3 Å². The van der Waals surface area contributed by atoms with Crippen LogP contribution in [0.4, 0.5) is 13.2 Å². The van der Waals surface area contributed by atoms with Crippen LogP contribution < -0.4 is 9.47 Å². The van der Waals surface area contributed by atoms with Crippen molar-refractivity contribution in [3.63, 3.8) is 0 Å². The van der Waals surface area contributed by atoms with Gasteiger partial charge in [0.05, 0.1) is 6.10 Å². The average Bonchev–Trinajstić information content (AvgIpc) is 2.89. The van der Waals surface area contributed by atoms with Crippen molar-refractivity contribution in [2.24, 2.45) is 0 Å². The molecule has 4 aromatic carbocycles. The molecule has 0 heterocycles. The molecule has 0 aliphatic rings. The van der Waals surface area contributed by atoms with Gasteiger partial charge < -0.3 is 14.6 Å². The summed E-state index contributed by atoms with van der Waals surface area (Å²) < 4.78 is 54.5. The van der Waals surface area contributed by atoms with Crippen LogP contribution in [0.1, 0.15) is 24.2 Å². The Morgan fingerprint density at radius 3 is 2.06 bits per heavy atom. The van der Waals surface area contributed by atoms with Crippen LogP contribution in [-0.4, -0.2) is 11.7 Å². The predicted octanol–water partition coefficient (Wildman–Crippen LogP) is 7.64. The third-order valence-corrected chi connectivity index (χ3v) is 5.72. The molecule has 1 N–H and O–H groups in total. The summed E-state index contributed by atoms with van der Waals surface area (Å²) in [4.78, 5) is 0. The normalized spacial score (nSPS) is 11.7. The first kappa shape index (κ1) is 25.1. The number of aliphatic hydroxyl groups is 1. The maximum absolute atomic E-state index is 14.8. The monoisotopic (exact) mass is 490 g/mol. The highest BCUT2D eigenvalue weighted by atomic mass is 19.2. The lowest BCUT2D eigenvalue weighted by Crippen LogP contribution is -2.00. The second-order valence-corrected chi connectivity index (χ2v) is 8.27. The van der Waals surface area contributed by atoms with Crippen molar-refractivity contribution in [3.05, 3.63) is 120 Å². The van der Waals surface area contributed by atoms with Crippen molar-refractivity contribution in [3.8, 4) is 33.8 Å². The van der Waals surface area contributed by atoms with Crippen molar-refractivity contribution in [1.29, 1.82) is 0 Å². The first-order valence-electron chi connectivity index (χ1n) is 11.4. The topological polar surface area (TPSA) is 38.7 Å². The molecule has 184 valence electrons. The molecular weight excluding hydrogens is 465 g/mol. The maximum Gasteiger partial charge on any atom is 0.201 e. The molecule has 0 aliphatic carbocycles. The van der Waals surface area contributed by atoms with Crippen molar-refractivity contribution < 1.29 is 27.8 Å². The Labute approximate surface area is 208 Å². The van der Waals surface area contributed by atoms with Crippen LogP contribution in [0.2, 0.25) is 0 Å². The van der Waals surface area contributed by atoms with Crippen LogP contribution in [0, 0.1) is 17.5 Å². The van der Waals surface area contributed by atoms with E-state index in [4.69, 9.17) is 9.47 Å². The summed E-state index contributed by atoms with van der Waals surface area (Å²) in [5.74, 6) is -2.59. The van der Waals surface area contributed by atoms with E-state index < -0.39 is 23.6 Å². The van der Waals surface area contributed by atoms with Crippen LogP contribution in [0.5, 0.6) is 11.5 Å². The third kappa shape index (κ3) is 5.61. The molecule has 6 heteroatoms. The van der Waals surface area contributed by atoms with Crippen molar-refractivity contribution in [1.82, 2.24) is 0 Å². The van der Waals surface area contributed by atoms with Gasteiger partial charge in [0, 0.05) is 5.56 Å². The van der Waals surface area contributed by atoms with Crippen LogP contribution in [0.15, 0.2) is 91.5 Å². The molecule has 0 bridgehead atoms. The highest BCUT2D eigenvalue weighted by molar-refractivity contribution is 5.66. The number of hydrogen-bond acceptors (Lipinski definition) is 3. The second-order valence-electron chi connectivity index (χ2n) is 8.27. The van der Waals surface area contributed by atoms with Crippen LogP contribution >= 0.6 is 0 Å². The molecule has 1 atom stereocenters. The number of halogens is 3. The Balaban J connectivity index is 1.44. The molecule has 0 aliphatic heterocycles. The highest BCUT2D eigenvalue weighted by Crippen LogP contribution is 2.31. The molecule has 4 rings (SSSR count). The number of aliphatic hydroxyl groups excluding tert-OH is 1. The Kier molecular flexibility index (Phi) is 7.76. The van der Waals surface area contributed by atoms with E-state index in [-0.39, 0.29) is 30.3 Å². The van der Waals surface area contributed by atoms with Gasteiger partial charge in [-0.05, 0) is 59.0 Å². The fraction of sp³-hybridized carbons (Fsp3) is 0.133. The smallest absolute Gasteiger partial charge is 0.201 e. The lowest BCUT2D eigenvalue weighted by Gasteiger charge is -2.12. The van der Waals surface area contributed by atoms with Gasteiger partial charge in [0.25, 0.3) is 0 Å². The summed E-state index contributed by atoms with van der Waals surface area (Å²) in [6.45, 7) is 5.42. The summed E-state index contributed by atoms with van der Waals surface area (Å²) >= 11 is 0. The summed E-state index contributed by atoms with van der Waals surface area (Å²) in [6, 6.07) is 21.3. The van der Waals surface area contributed by atoms with Crippen LogP contribution in [-0.2, 0) is 6.61 Å². The Bertz CT molecular complexity index is 1350. The molecule has 0 amide bonds. The molecule has 4 aromatic rings. The molecule has 0 saturated carbocycles. The number of rotatable bonds is 9. The van der Waals surface area contributed by atoms with E-state index in [1.165, 1.54) is 18.2 Å². The van der Waals surface area contributed by atoms with Gasteiger partial charge in [0.15, 0.2) is 23.1 Å². The maximum atomic E-state index is 14.8. The van der Waals surface area contributed by atoms with E-state index >= 15 is 0 Å². The number of benzene rings is 4. The van der Waals surface area contributed by atoms with Gasteiger partial charge in [-0.15, -0.1) is 0 Å². The number of ether oxygens (including phenoxy) is 2. The minimum Gasteiger partial charge on any atom is -0.486 e. The van der Waals surface area contributed by atoms with Crippen molar-refractivity contribution >= 4 is 0 Å². The zero-order chi connectivity index (χ0) is 25.7. The van der Waals surface area contributed by atoms with E-state index in [0.29, 0.717) is 16.7 Å². The molecule has 0 spiro atoms. The second kappa shape index (κ2) is 11.1. The van der Waals surface area contributed by atoms with Gasteiger partial charge >= 0.3 is 0 Å². The predicted molar refractivity (Wildman–Crippen MR) is 134 cm³/mol. The van der Waals surface area contributed by atoms with E-state index in [0.717, 1.165) is 11.1 Å². The van der Waals surface area contributed by atoms with E-state index in [2.05, 4.69) is 6.58 Å². The van der Waals surface area contributed by atoms with E-state index in [1.807, 2.05) is 0 Å². The summed E-state index contributed by atoms with van der Waals surface area (Å²) in [7, 11) is 0. The Hall–Kier alpha value is -4.03. The van der Waals surface area contributed by atoms with Gasteiger partial charge in [-0.25, -0.2) is 8.78 Å². The van der Waals surface area contributed by atoms with Crippen molar-refractivity contribution in [2.75, 3.05) is 6.61 Å². The lowest BCUT2D eigenvalue weighted by molar-refractivity contribution is 0.199. The van der Waals surface area contributed by atoms with E-state index in [1.54, 1.807) is 73.7 Å². The molecule has 0 aromatic heterocycles. The molecule has 0 saturated heterocycles. The standard InChI is InChI=1S/C30H25F3O3/c1-3-16-35-27-14-12-24(17-26(27)31)22-6-4-20(5-7-22)18-36-28-15-13-25(29(32)30(28)33)23-10-8-21(9-11-23)19(2)34/h3-15,17,19,34H,1,16,18H2,2H3. The Morgan fingerprint density at radius 1 is 0.778 bits per heavy atom. The molecule has 3 nitrogen and oxygen atoms in total. The van der Waals surface area contributed by atoms with Gasteiger partial charge in [-0.3, -0.25) is 0 Å². The largest absolute Gasteiger partial charge is 0.486 e. The SMILES string of the molecule is C=CCOc1ccc(-c2ccc(COc3ccc(-c4ccc(C(C)O)cc4)c(F)c3F)cc2)cc1F. The molecule has 0 fully saturated rings. The zero-order valence-electron chi connectivity index (χ0n) is 19.7. The number of hydrogen-bond donors (Lipinski definition) is 1. The quantitative estimate of drug-likeness (QED) is 0.245. The summed E-state index contributed by atoms with van der Waals surface area (Å²) in [5.41, 5.74) is 3.49. The summed E-state index contributed by atoms with van der Waals surface area (Å²) in [6.07, 6.45) is 0.898. The fourth-order valence-electron chi connectivity index (χ4n) is 3.71. The van der Waals surface area contributed by atoms with Crippen LogP contribution in [0.25, 0.3) is 22.3 Å². The van der Waals surface area contributed by atoms with Gasteiger partial charge in [0.1, 0.15) is 13.2 Å². The average molecular weight is 491 g/mol. The molecular formula is C30H25F3O3.